The maximum Gasteiger partial charge on any atom is 0.264 e. The normalized spacial score (nSPS) is 12.3. The van der Waals surface area contributed by atoms with Gasteiger partial charge in [0.15, 0.2) is 0 Å². The molecule has 6 heteroatoms. The van der Waals surface area contributed by atoms with E-state index in [1.807, 2.05) is 43.5 Å². The third-order valence-corrected chi connectivity index (χ3v) is 4.41. The quantitative estimate of drug-likeness (QED) is 0.773. The summed E-state index contributed by atoms with van der Waals surface area (Å²) in [6.07, 6.45) is 2.93. The Labute approximate surface area is 127 Å². The van der Waals surface area contributed by atoms with Crippen LogP contribution in [0, 0.1) is 0 Å². The highest BCUT2D eigenvalue weighted by atomic mass is 32.1. The number of nitrogens with one attached hydrogen (secondary N) is 1. The van der Waals surface area contributed by atoms with Crippen LogP contribution in [0.1, 0.15) is 29.8 Å². The van der Waals surface area contributed by atoms with E-state index in [0.29, 0.717) is 11.8 Å². The van der Waals surface area contributed by atoms with Gasteiger partial charge in [0, 0.05) is 16.6 Å². The van der Waals surface area contributed by atoms with E-state index in [1.165, 1.54) is 4.88 Å². The van der Waals surface area contributed by atoms with E-state index in [4.69, 9.17) is 4.52 Å². The van der Waals surface area contributed by atoms with Gasteiger partial charge in [-0.2, -0.15) is 4.98 Å². The number of nitrogens with zero attached hydrogens (tertiary/aromatic N) is 3. The predicted octanol–water partition coefficient (Wildman–Crippen LogP) is 3.93. The van der Waals surface area contributed by atoms with Crippen molar-refractivity contribution in [1.29, 1.82) is 0 Å². The van der Waals surface area contributed by atoms with E-state index >= 15 is 0 Å². The lowest BCUT2D eigenvalue weighted by Gasteiger charge is -2.07. The molecule has 0 saturated heterocycles. The number of thiazole rings is 1. The van der Waals surface area contributed by atoms with Gasteiger partial charge in [0.05, 0.1) is 6.04 Å². The van der Waals surface area contributed by atoms with Crippen molar-refractivity contribution in [3.05, 3.63) is 46.4 Å². The molecule has 0 bridgehead atoms. The average molecular weight is 300 g/mol. The first-order valence-corrected chi connectivity index (χ1v) is 7.68. The third kappa shape index (κ3) is 3.11. The molecule has 0 spiro atoms. The van der Waals surface area contributed by atoms with Gasteiger partial charge in [0.2, 0.25) is 0 Å². The minimum atomic E-state index is 0.0523. The fourth-order valence-electron chi connectivity index (χ4n) is 1.92. The van der Waals surface area contributed by atoms with Crippen molar-refractivity contribution in [3.63, 3.8) is 0 Å². The molecule has 1 aromatic carbocycles. The zero-order valence-corrected chi connectivity index (χ0v) is 12.7. The fraction of sp³-hybridized carbons (Fsp3) is 0.267. The van der Waals surface area contributed by atoms with Crippen LogP contribution in [0.4, 0.5) is 5.95 Å². The zero-order valence-electron chi connectivity index (χ0n) is 11.9. The fourth-order valence-corrected chi connectivity index (χ4v) is 2.78. The Morgan fingerprint density at radius 2 is 2.10 bits per heavy atom. The Morgan fingerprint density at radius 1 is 1.29 bits per heavy atom. The lowest BCUT2D eigenvalue weighted by atomic mass is 10.2. The van der Waals surface area contributed by atoms with E-state index in [0.717, 1.165) is 17.0 Å². The van der Waals surface area contributed by atoms with Crippen molar-refractivity contribution in [3.8, 4) is 11.5 Å². The van der Waals surface area contributed by atoms with Crippen LogP contribution in [0.15, 0.2) is 41.1 Å². The minimum absolute atomic E-state index is 0.0523. The minimum Gasteiger partial charge on any atom is -0.343 e. The van der Waals surface area contributed by atoms with E-state index in [2.05, 4.69) is 27.4 Å². The van der Waals surface area contributed by atoms with Crippen molar-refractivity contribution in [2.45, 2.75) is 26.3 Å². The number of benzene rings is 1. The number of aromatic nitrogens is 3. The first kappa shape index (κ1) is 13.8. The summed E-state index contributed by atoms with van der Waals surface area (Å²) in [4.78, 5) is 10.1. The summed E-state index contributed by atoms with van der Waals surface area (Å²) in [5.74, 6) is 0.994. The number of hydrogen-bond donors (Lipinski definition) is 1. The van der Waals surface area contributed by atoms with Crippen LogP contribution in [-0.4, -0.2) is 15.1 Å². The van der Waals surface area contributed by atoms with Crippen LogP contribution in [0.5, 0.6) is 0 Å². The molecule has 0 amide bonds. The summed E-state index contributed by atoms with van der Waals surface area (Å²) in [5.41, 5.74) is 0.910. The lowest BCUT2D eigenvalue weighted by molar-refractivity contribution is 0.431. The molecule has 108 valence electrons. The van der Waals surface area contributed by atoms with Gasteiger partial charge in [0.1, 0.15) is 5.01 Å². The average Bonchev–Trinajstić information content (AvgIpc) is 3.17. The molecular formula is C15H16N4OS. The van der Waals surface area contributed by atoms with Crippen molar-refractivity contribution in [2.75, 3.05) is 5.32 Å². The van der Waals surface area contributed by atoms with E-state index in [1.54, 1.807) is 11.3 Å². The monoisotopic (exact) mass is 300 g/mol. The van der Waals surface area contributed by atoms with Crippen LogP contribution in [0.25, 0.3) is 11.5 Å². The van der Waals surface area contributed by atoms with Crippen LogP contribution in [-0.2, 0) is 6.42 Å². The molecule has 0 aliphatic carbocycles. The van der Waals surface area contributed by atoms with E-state index in [-0.39, 0.29) is 6.04 Å². The summed E-state index contributed by atoms with van der Waals surface area (Å²) in [6.45, 7) is 4.16. The molecule has 1 atom stereocenters. The van der Waals surface area contributed by atoms with Crippen LogP contribution in [0.3, 0.4) is 0 Å². The molecular weight excluding hydrogens is 284 g/mol. The third-order valence-electron chi connectivity index (χ3n) is 3.08. The van der Waals surface area contributed by atoms with Gasteiger partial charge in [0.25, 0.3) is 11.8 Å². The van der Waals surface area contributed by atoms with Crippen LogP contribution >= 0.6 is 11.3 Å². The smallest absolute Gasteiger partial charge is 0.264 e. The number of hydrogen-bond acceptors (Lipinski definition) is 6. The second-order valence-corrected chi connectivity index (χ2v) is 5.82. The maximum atomic E-state index is 5.27. The first-order chi connectivity index (χ1) is 10.3. The summed E-state index contributed by atoms with van der Waals surface area (Å²) in [5, 5.41) is 8.21. The molecule has 1 unspecified atom stereocenters. The molecule has 0 aliphatic rings. The molecule has 2 aromatic heterocycles. The second kappa shape index (κ2) is 6.05. The van der Waals surface area contributed by atoms with Gasteiger partial charge in [-0.3, -0.25) is 0 Å². The molecule has 1 N–H and O–H groups in total. The molecule has 0 radical (unpaired) electrons. The largest absolute Gasteiger partial charge is 0.343 e. The highest BCUT2D eigenvalue weighted by Gasteiger charge is 2.14. The zero-order chi connectivity index (χ0) is 14.7. The molecule has 3 rings (SSSR count). The van der Waals surface area contributed by atoms with E-state index in [9.17, 15) is 0 Å². The molecule has 0 fully saturated rings. The van der Waals surface area contributed by atoms with Gasteiger partial charge < -0.3 is 9.84 Å². The second-order valence-electron chi connectivity index (χ2n) is 4.67. The van der Waals surface area contributed by atoms with Gasteiger partial charge in [-0.25, -0.2) is 4.98 Å². The Kier molecular flexibility index (Phi) is 3.96. The SMILES string of the molecule is CCc1cnc(C(C)Nc2noc(-c3ccccc3)n2)s1. The molecule has 2 heterocycles. The number of anilines is 1. The standard InChI is InChI=1S/C15H16N4OS/c1-3-12-9-16-14(21-12)10(2)17-15-18-13(20-19-15)11-7-5-4-6-8-11/h4-10H,3H2,1-2H3,(H,17,19). The summed E-state index contributed by atoms with van der Waals surface area (Å²) in [7, 11) is 0. The van der Waals surface area contributed by atoms with Crippen molar-refractivity contribution >= 4 is 17.3 Å². The van der Waals surface area contributed by atoms with Gasteiger partial charge >= 0.3 is 0 Å². The number of rotatable bonds is 5. The first-order valence-electron chi connectivity index (χ1n) is 6.86. The number of aryl methyl sites for hydroxylation is 1. The predicted molar refractivity (Wildman–Crippen MR) is 83.3 cm³/mol. The highest BCUT2D eigenvalue weighted by molar-refractivity contribution is 7.11. The molecule has 0 saturated carbocycles. The van der Waals surface area contributed by atoms with Crippen LogP contribution in [0.2, 0.25) is 0 Å². The Bertz CT molecular complexity index is 707. The molecule has 0 aliphatic heterocycles. The van der Waals surface area contributed by atoms with Gasteiger partial charge in [-0.15, -0.1) is 11.3 Å². The van der Waals surface area contributed by atoms with Gasteiger partial charge in [-0.1, -0.05) is 25.1 Å². The Hall–Kier alpha value is -2.21. The van der Waals surface area contributed by atoms with Crippen LogP contribution < -0.4 is 5.32 Å². The summed E-state index contributed by atoms with van der Waals surface area (Å²) in [6, 6.07) is 9.77. The van der Waals surface area contributed by atoms with Crippen molar-refractivity contribution in [1.82, 2.24) is 15.1 Å². The highest BCUT2D eigenvalue weighted by Crippen LogP contribution is 2.24. The lowest BCUT2D eigenvalue weighted by Crippen LogP contribution is -2.07. The van der Waals surface area contributed by atoms with E-state index < -0.39 is 0 Å². The molecule has 3 aromatic rings. The summed E-state index contributed by atoms with van der Waals surface area (Å²) < 4.78 is 5.27. The van der Waals surface area contributed by atoms with Gasteiger partial charge in [-0.05, 0) is 30.6 Å². The van der Waals surface area contributed by atoms with Crippen molar-refractivity contribution < 1.29 is 4.52 Å². The Morgan fingerprint density at radius 3 is 2.81 bits per heavy atom. The topological polar surface area (TPSA) is 63.8 Å². The maximum absolute atomic E-state index is 5.27. The van der Waals surface area contributed by atoms with Crippen molar-refractivity contribution in [2.24, 2.45) is 0 Å². The molecule has 5 nitrogen and oxygen atoms in total. The molecule has 21 heavy (non-hydrogen) atoms. The Balaban J connectivity index is 1.72. The summed E-state index contributed by atoms with van der Waals surface area (Å²) >= 11 is 1.70.